The van der Waals surface area contributed by atoms with Gasteiger partial charge in [-0.25, -0.2) is 0 Å². The average Bonchev–Trinajstić information content (AvgIpc) is 3.07. The van der Waals surface area contributed by atoms with Gasteiger partial charge in [0.1, 0.15) is 5.75 Å². The van der Waals surface area contributed by atoms with Crippen LogP contribution >= 0.6 is 0 Å². The van der Waals surface area contributed by atoms with Crippen molar-refractivity contribution in [2.24, 2.45) is 0 Å². The van der Waals surface area contributed by atoms with Gasteiger partial charge >= 0.3 is 0 Å². The van der Waals surface area contributed by atoms with Crippen LogP contribution in [0.5, 0.6) is 5.75 Å². The lowest BCUT2D eigenvalue weighted by atomic mass is 9.78. The number of methoxy groups -OCH3 is 1. The number of para-hydroxylation sites is 1. The van der Waals surface area contributed by atoms with Crippen molar-refractivity contribution in [2.75, 3.05) is 12.4 Å². The van der Waals surface area contributed by atoms with E-state index in [4.69, 9.17) is 4.74 Å². The standard InChI is InChI=1S/C19H21NO2/c1-22-17-11-9-15(10-12-17)19(13-5-6-14-19)18(21)20-16-7-3-2-4-8-16/h2-4,7-12H,5-6,13-14H2,1H3,(H,20,21). The third-order valence-corrected chi connectivity index (χ3v) is 4.57. The van der Waals surface area contributed by atoms with E-state index in [2.05, 4.69) is 5.32 Å². The zero-order chi connectivity index (χ0) is 15.4. The third kappa shape index (κ3) is 2.71. The summed E-state index contributed by atoms with van der Waals surface area (Å²) in [6, 6.07) is 17.6. The molecule has 2 aromatic carbocycles. The Bertz CT molecular complexity index is 628. The van der Waals surface area contributed by atoms with Gasteiger partial charge in [-0.1, -0.05) is 43.2 Å². The molecule has 1 N–H and O–H groups in total. The van der Waals surface area contributed by atoms with Crippen molar-refractivity contribution in [2.45, 2.75) is 31.1 Å². The number of benzene rings is 2. The van der Waals surface area contributed by atoms with Gasteiger partial charge in [-0.15, -0.1) is 0 Å². The maximum Gasteiger partial charge on any atom is 0.235 e. The molecule has 0 heterocycles. The Morgan fingerprint density at radius 1 is 1.00 bits per heavy atom. The molecule has 0 saturated heterocycles. The summed E-state index contributed by atoms with van der Waals surface area (Å²) < 4.78 is 5.22. The van der Waals surface area contributed by atoms with Gasteiger partial charge in [-0.2, -0.15) is 0 Å². The lowest BCUT2D eigenvalue weighted by Gasteiger charge is -2.28. The number of hydrogen-bond donors (Lipinski definition) is 1. The first-order valence-electron chi connectivity index (χ1n) is 7.76. The minimum Gasteiger partial charge on any atom is -0.497 e. The van der Waals surface area contributed by atoms with Crippen LogP contribution in [0.2, 0.25) is 0 Å². The fourth-order valence-corrected chi connectivity index (χ4v) is 3.31. The number of nitrogens with one attached hydrogen (secondary N) is 1. The molecule has 3 nitrogen and oxygen atoms in total. The Morgan fingerprint density at radius 3 is 2.23 bits per heavy atom. The molecule has 0 bridgehead atoms. The normalized spacial score (nSPS) is 16.2. The zero-order valence-corrected chi connectivity index (χ0v) is 12.8. The summed E-state index contributed by atoms with van der Waals surface area (Å²) in [6.07, 6.45) is 3.98. The van der Waals surface area contributed by atoms with Gasteiger partial charge in [-0.3, -0.25) is 4.79 Å². The Morgan fingerprint density at radius 2 is 1.64 bits per heavy atom. The van der Waals surface area contributed by atoms with Crippen LogP contribution in [0.15, 0.2) is 54.6 Å². The first-order valence-corrected chi connectivity index (χ1v) is 7.76. The molecule has 0 spiro atoms. The monoisotopic (exact) mass is 295 g/mol. The molecule has 0 radical (unpaired) electrons. The molecule has 3 heteroatoms. The van der Waals surface area contributed by atoms with Crippen LogP contribution in [0.4, 0.5) is 5.69 Å². The molecule has 1 aliphatic carbocycles. The molecule has 114 valence electrons. The van der Waals surface area contributed by atoms with E-state index in [1.54, 1.807) is 7.11 Å². The fraction of sp³-hybridized carbons (Fsp3) is 0.316. The Balaban J connectivity index is 1.88. The van der Waals surface area contributed by atoms with Crippen LogP contribution in [0, 0.1) is 0 Å². The second kappa shape index (κ2) is 6.22. The van der Waals surface area contributed by atoms with Crippen molar-refractivity contribution >= 4 is 11.6 Å². The van der Waals surface area contributed by atoms with Crippen LogP contribution in [-0.4, -0.2) is 13.0 Å². The van der Waals surface area contributed by atoms with Gasteiger partial charge in [0, 0.05) is 5.69 Å². The van der Waals surface area contributed by atoms with Gasteiger partial charge < -0.3 is 10.1 Å². The molecule has 1 aliphatic rings. The summed E-state index contributed by atoms with van der Waals surface area (Å²) in [5.41, 5.74) is 1.52. The SMILES string of the molecule is COc1ccc(C2(C(=O)Nc3ccccc3)CCCC2)cc1. The van der Waals surface area contributed by atoms with Crippen LogP contribution in [0.3, 0.4) is 0 Å². The van der Waals surface area contributed by atoms with E-state index in [1.807, 2.05) is 54.6 Å². The van der Waals surface area contributed by atoms with E-state index < -0.39 is 5.41 Å². The van der Waals surface area contributed by atoms with Crippen molar-refractivity contribution in [3.05, 3.63) is 60.2 Å². The van der Waals surface area contributed by atoms with Crippen molar-refractivity contribution in [1.82, 2.24) is 0 Å². The maximum absolute atomic E-state index is 12.9. The number of carbonyl (C=O) groups is 1. The van der Waals surface area contributed by atoms with E-state index in [-0.39, 0.29) is 5.91 Å². The highest BCUT2D eigenvalue weighted by Gasteiger charge is 2.42. The molecular formula is C19H21NO2. The average molecular weight is 295 g/mol. The van der Waals surface area contributed by atoms with Crippen LogP contribution in [0.1, 0.15) is 31.2 Å². The predicted molar refractivity (Wildman–Crippen MR) is 88.2 cm³/mol. The van der Waals surface area contributed by atoms with E-state index in [9.17, 15) is 4.79 Å². The quantitative estimate of drug-likeness (QED) is 0.920. The van der Waals surface area contributed by atoms with Crippen LogP contribution < -0.4 is 10.1 Å². The van der Waals surface area contributed by atoms with Gasteiger partial charge in [0.05, 0.1) is 12.5 Å². The molecule has 0 aromatic heterocycles. The lowest BCUT2D eigenvalue weighted by molar-refractivity contribution is -0.121. The molecule has 1 amide bonds. The molecule has 22 heavy (non-hydrogen) atoms. The summed E-state index contributed by atoms with van der Waals surface area (Å²) >= 11 is 0. The topological polar surface area (TPSA) is 38.3 Å². The summed E-state index contributed by atoms with van der Waals surface area (Å²) in [5, 5.41) is 3.08. The summed E-state index contributed by atoms with van der Waals surface area (Å²) in [5.74, 6) is 0.918. The minimum atomic E-state index is -0.415. The largest absolute Gasteiger partial charge is 0.497 e. The number of carbonyl (C=O) groups excluding carboxylic acids is 1. The van der Waals surface area contributed by atoms with Crippen molar-refractivity contribution < 1.29 is 9.53 Å². The summed E-state index contributed by atoms with van der Waals surface area (Å²) in [6.45, 7) is 0. The van der Waals surface area contributed by atoms with Crippen molar-refractivity contribution in [1.29, 1.82) is 0 Å². The summed E-state index contributed by atoms with van der Waals surface area (Å²) in [4.78, 5) is 12.9. The smallest absolute Gasteiger partial charge is 0.235 e. The number of anilines is 1. The molecule has 0 aliphatic heterocycles. The van der Waals surface area contributed by atoms with Gasteiger partial charge in [0.25, 0.3) is 0 Å². The highest BCUT2D eigenvalue weighted by Crippen LogP contribution is 2.42. The predicted octanol–water partition coefficient (Wildman–Crippen LogP) is 4.15. The molecule has 0 atom stereocenters. The fourth-order valence-electron chi connectivity index (χ4n) is 3.31. The van der Waals surface area contributed by atoms with Gasteiger partial charge in [0.15, 0.2) is 0 Å². The van der Waals surface area contributed by atoms with E-state index in [1.165, 1.54) is 0 Å². The van der Waals surface area contributed by atoms with Crippen LogP contribution in [-0.2, 0) is 10.2 Å². The van der Waals surface area contributed by atoms with Gasteiger partial charge in [-0.05, 0) is 42.7 Å². The minimum absolute atomic E-state index is 0.0985. The van der Waals surface area contributed by atoms with Crippen molar-refractivity contribution in [3.8, 4) is 5.75 Å². The first-order chi connectivity index (χ1) is 10.7. The maximum atomic E-state index is 12.9. The Labute approximate surface area is 131 Å². The Hall–Kier alpha value is -2.29. The van der Waals surface area contributed by atoms with Crippen molar-refractivity contribution in [3.63, 3.8) is 0 Å². The van der Waals surface area contributed by atoms with E-state index >= 15 is 0 Å². The second-order valence-corrected chi connectivity index (χ2v) is 5.84. The molecule has 3 rings (SSSR count). The molecular weight excluding hydrogens is 274 g/mol. The zero-order valence-electron chi connectivity index (χ0n) is 12.8. The van der Waals surface area contributed by atoms with Crippen LogP contribution in [0.25, 0.3) is 0 Å². The number of rotatable bonds is 4. The Kier molecular flexibility index (Phi) is 4.14. The van der Waals surface area contributed by atoms with Gasteiger partial charge in [0.2, 0.25) is 5.91 Å². The molecule has 2 aromatic rings. The number of hydrogen-bond acceptors (Lipinski definition) is 2. The second-order valence-electron chi connectivity index (χ2n) is 5.84. The molecule has 0 unspecified atom stereocenters. The highest BCUT2D eigenvalue weighted by molar-refractivity contribution is 5.99. The van der Waals surface area contributed by atoms with E-state index in [0.29, 0.717) is 0 Å². The molecule has 1 fully saturated rings. The number of ether oxygens (including phenoxy) is 1. The molecule has 1 saturated carbocycles. The number of amides is 1. The van der Waals surface area contributed by atoms with E-state index in [0.717, 1.165) is 42.7 Å². The third-order valence-electron chi connectivity index (χ3n) is 4.57. The lowest BCUT2D eigenvalue weighted by Crippen LogP contribution is -2.37. The first kappa shape index (κ1) is 14.6. The highest BCUT2D eigenvalue weighted by atomic mass is 16.5. The summed E-state index contributed by atoms with van der Waals surface area (Å²) in [7, 11) is 1.66.